The summed E-state index contributed by atoms with van der Waals surface area (Å²) in [4.78, 5) is 29.8. The second-order valence-electron chi connectivity index (χ2n) is 7.07. The van der Waals surface area contributed by atoms with Crippen molar-refractivity contribution >= 4 is 53.3 Å². The van der Waals surface area contributed by atoms with Gasteiger partial charge in [0.15, 0.2) is 15.2 Å². The summed E-state index contributed by atoms with van der Waals surface area (Å²) in [5, 5.41) is 11.6. The maximum absolute atomic E-state index is 13.5. The van der Waals surface area contributed by atoms with E-state index < -0.39 is 32.2 Å². The number of alkyl halides is 2. The number of piperazine rings is 1. The molecule has 2 rings (SSSR count). The number of carbonyl (C=O) groups excluding carboxylic acids is 1. The largest absolute Gasteiger partial charge is 0.317 e. The summed E-state index contributed by atoms with van der Waals surface area (Å²) < 4.78 is 26.6. The minimum absolute atomic E-state index is 0.0972. The molecule has 2 atom stereocenters. The number of rotatable bonds is 10. The molecule has 0 radical (unpaired) electrons. The molecular weight excluding hydrogens is 556 g/mol. The van der Waals surface area contributed by atoms with Crippen LogP contribution < -0.4 is 0 Å². The van der Waals surface area contributed by atoms with E-state index in [9.17, 15) is 23.3 Å². The van der Waals surface area contributed by atoms with Crippen LogP contribution in [0.4, 0.5) is 5.69 Å². The molecule has 1 heterocycles. The predicted molar refractivity (Wildman–Crippen MR) is 128 cm³/mol. The Morgan fingerprint density at radius 1 is 1.19 bits per heavy atom. The molecule has 0 aromatic heterocycles. The number of carbonyl (C=O) groups is 1. The summed E-state index contributed by atoms with van der Waals surface area (Å²) in [6, 6.07) is 5.68. The third-order valence-electron chi connectivity index (χ3n) is 5.45. The van der Waals surface area contributed by atoms with Crippen LogP contribution in [0.5, 0.6) is 0 Å². The molecule has 0 aliphatic carbocycles. The van der Waals surface area contributed by atoms with Crippen molar-refractivity contribution in [2.24, 2.45) is 0 Å². The average Bonchev–Trinajstić information content (AvgIpc) is 2.77. The van der Waals surface area contributed by atoms with Crippen LogP contribution in [0.15, 0.2) is 24.3 Å². The number of para-hydroxylation sites is 1. The number of hydrogen-bond donors (Lipinski definition) is 0. The smallest absolute Gasteiger partial charge is 0.282 e. The Morgan fingerprint density at radius 2 is 1.81 bits per heavy atom. The molecule has 0 N–H and O–H groups in total. The van der Waals surface area contributed by atoms with Crippen LogP contribution in [0.2, 0.25) is 0 Å². The fourth-order valence-electron chi connectivity index (χ4n) is 3.92. The Labute approximate surface area is 200 Å². The zero-order chi connectivity index (χ0) is 23.2. The molecule has 1 aromatic rings. The predicted octanol–water partition coefficient (Wildman–Crippen LogP) is 2.55. The van der Waals surface area contributed by atoms with Gasteiger partial charge in [0.05, 0.1) is 11.1 Å². The van der Waals surface area contributed by atoms with Crippen molar-refractivity contribution in [1.82, 2.24) is 14.7 Å². The second-order valence-corrected chi connectivity index (χ2v) is 11.0. The first-order valence-corrected chi connectivity index (χ1v) is 14.0. The van der Waals surface area contributed by atoms with E-state index in [0.717, 1.165) is 0 Å². The first-order valence-electron chi connectivity index (χ1n) is 10.1. The summed E-state index contributed by atoms with van der Waals surface area (Å²) in [6.07, 6.45) is -0.550. The fourth-order valence-corrected chi connectivity index (χ4v) is 6.48. The van der Waals surface area contributed by atoms with Gasteiger partial charge in [-0.1, -0.05) is 57.8 Å². The molecule has 9 nitrogen and oxygen atoms in total. The van der Waals surface area contributed by atoms with Gasteiger partial charge in [-0.25, -0.2) is 8.42 Å². The van der Waals surface area contributed by atoms with Crippen LogP contribution >= 0.6 is 31.9 Å². The number of sulfone groups is 1. The number of nitro groups is 1. The third kappa shape index (κ3) is 5.84. The highest BCUT2D eigenvalue weighted by molar-refractivity contribution is 9.09. The van der Waals surface area contributed by atoms with E-state index >= 15 is 0 Å². The average molecular weight is 584 g/mol. The SMILES string of the molecule is CCN1CCN(C(=O)c2ccccc2[N+](=O)[O-])C(S(=O)(=O)CC)C1N(CCBr)CCBr. The standard InChI is InChI=1S/C19H28Br2N4O5S/c1-3-22-13-14-24(18(26)15-7-5-6-8-16(15)25(27)28)19(31(29,30)4-2)17(22)23(11-9-20)12-10-21/h5-8,17,19H,3-4,9-14H2,1-2H3. The number of likely N-dealkylation sites (N-methyl/N-ethyl adjacent to an activating group) is 1. The molecule has 1 amide bonds. The van der Waals surface area contributed by atoms with Crippen molar-refractivity contribution in [3.8, 4) is 0 Å². The van der Waals surface area contributed by atoms with Crippen LogP contribution in [0, 0.1) is 10.1 Å². The molecule has 174 valence electrons. The Bertz CT molecular complexity index is 880. The Kier molecular flexibility index (Phi) is 9.87. The van der Waals surface area contributed by atoms with Crippen molar-refractivity contribution in [2.45, 2.75) is 25.4 Å². The van der Waals surface area contributed by atoms with Crippen molar-refractivity contribution in [2.75, 3.05) is 49.1 Å². The summed E-state index contributed by atoms with van der Waals surface area (Å²) in [5.74, 6) is -0.768. The van der Waals surface area contributed by atoms with Gasteiger partial charge in [-0.3, -0.25) is 24.7 Å². The molecule has 12 heteroatoms. The first-order chi connectivity index (χ1) is 14.7. The number of nitro benzene ring substituents is 1. The molecule has 0 bridgehead atoms. The topological polar surface area (TPSA) is 104 Å². The van der Waals surface area contributed by atoms with Gasteiger partial charge in [-0.15, -0.1) is 0 Å². The number of hydrogen-bond acceptors (Lipinski definition) is 7. The van der Waals surface area contributed by atoms with E-state index in [1.807, 2.05) is 11.8 Å². The van der Waals surface area contributed by atoms with E-state index in [2.05, 4.69) is 36.8 Å². The van der Waals surface area contributed by atoms with Crippen LogP contribution in [-0.4, -0.2) is 94.6 Å². The zero-order valence-electron chi connectivity index (χ0n) is 17.6. The molecule has 1 aliphatic rings. The minimum Gasteiger partial charge on any atom is -0.317 e. The molecule has 0 saturated carbocycles. The Hall–Kier alpha value is -1.08. The summed E-state index contributed by atoms with van der Waals surface area (Å²) in [6.45, 7) is 5.98. The van der Waals surface area contributed by atoms with Crippen LogP contribution in [-0.2, 0) is 9.84 Å². The van der Waals surface area contributed by atoms with Crippen LogP contribution in [0.25, 0.3) is 0 Å². The van der Waals surface area contributed by atoms with Gasteiger partial charge in [0.1, 0.15) is 5.56 Å². The maximum atomic E-state index is 13.5. The van der Waals surface area contributed by atoms with Gasteiger partial charge >= 0.3 is 0 Å². The lowest BCUT2D eigenvalue weighted by Crippen LogP contribution is -2.69. The number of amides is 1. The quantitative estimate of drug-likeness (QED) is 0.237. The van der Waals surface area contributed by atoms with E-state index in [0.29, 0.717) is 36.8 Å². The molecule has 2 unspecified atom stereocenters. The zero-order valence-corrected chi connectivity index (χ0v) is 21.6. The van der Waals surface area contributed by atoms with Crippen LogP contribution in [0.3, 0.4) is 0 Å². The van der Waals surface area contributed by atoms with Gasteiger partial charge < -0.3 is 4.90 Å². The van der Waals surface area contributed by atoms with Gasteiger partial charge in [0.25, 0.3) is 11.6 Å². The maximum Gasteiger partial charge on any atom is 0.282 e. The molecule has 31 heavy (non-hydrogen) atoms. The Morgan fingerprint density at radius 3 is 2.32 bits per heavy atom. The van der Waals surface area contributed by atoms with E-state index in [1.165, 1.54) is 23.1 Å². The van der Waals surface area contributed by atoms with Gasteiger partial charge in [-0.05, 0) is 12.6 Å². The van der Waals surface area contributed by atoms with Gasteiger partial charge in [-0.2, -0.15) is 0 Å². The lowest BCUT2D eigenvalue weighted by Gasteiger charge is -2.50. The highest BCUT2D eigenvalue weighted by atomic mass is 79.9. The van der Waals surface area contributed by atoms with Crippen molar-refractivity contribution in [1.29, 1.82) is 0 Å². The summed E-state index contributed by atoms with van der Waals surface area (Å²) >= 11 is 6.88. The third-order valence-corrected chi connectivity index (χ3v) is 8.20. The summed E-state index contributed by atoms with van der Waals surface area (Å²) in [5.41, 5.74) is -0.424. The summed E-state index contributed by atoms with van der Waals surface area (Å²) in [7, 11) is -3.71. The molecule has 1 fully saturated rings. The lowest BCUT2D eigenvalue weighted by atomic mass is 10.1. The molecule has 0 spiro atoms. The van der Waals surface area contributed by atoms with Crippen LogP contribution in [0.1, 0.15) is 24.2 Å². The number of nitrogens with zero attached hydrogens (tertiary/aromatic N) is 4. The highest BCUT2D eigenvalue weighted by Crippen LogP contribution is 2.29. The minimum atomic E-state index is -3.71. The van der Waals surface area contributed by atoms with Gasteiger partial charge in [0.2, 0.25) is 0 Å². The monoisotopic (exact) mass is 582 g/mol. The number of benzene rings is 1. The van der Waals surface area contributed by atoms with Gasteiger partial charge in [0, 0.05) is 48.7 Å². The lowest BCUT2D eigenvalue weighted by molar-refractivity contribution is -0.385. The van der Waals surface area contributed by atoms with E-state index in [4.69, 9.17) is 0 Å². The second kappa shape index (κ2) is 11.7. The molecule has 1 aliphatic heterocycles. The normalized spacial score (nSPS) is 20.2. The fraction of sp³-hybridized carbons (Fsp3) is 0.632. The molecular formula is C19H28Br2N4O5S. The molecule has 1 saturated heterocycles. The van der Waals surface area contributed by atoms with Crippen molar-refractivity contribution in [3.63, 3.8) is 0 Å². The van der Waals surface area contributed by atoms with E-state index in [1.54, 1.807) is 13.0 Å². The Balaban J connectivity index is 2.61. The van der Waals surface area contributed by atoms with Crippen molar-refractivity contribution < 1.29 is 18.1 Å². The molecule has 1 aromatic carbocycles. The number of halogens is 2. The highest BCUT2D eigenvalue weighted by Gasteiger charge is 2.48. The van der Waals surface area contributed by atoms with Crippen molar-refractivity contribution in [3.05, 3.63) is 39.9 Å². The first kappa shape index (κ1) is 26.2. The van der Waals surface area contributed by atoms with E-state index in [-0.39, 0.29) is 23.5 Å².